The van der Waals surface area contributed by atoms with Gasteiger partial charge in [-0.3, -0.25) is 4.98 Å². The second-order valence-corrected chi connectivity index (χ2v) is 6.21. The molecule has 0 bridgehead atoms. The second kappa shape index (κ2) is 6.40. The van der Waals surface area contributed by atoms with E-state index in [0.29, 0.717) is 12.1 Å². The van der Waals surface area contributed by atoms with Crippen molar-refractivity contribution in [3.63, 3.8) is 0 Å². The second-order valence-electron chi connectivity index (χ2n) is 6.21. The number of rotatable bonds is 4. The third kappa shape index (κ3) is 3.09. The lowest BCUT2D eigenvalue weighted by Gasteiger charge is -2.31. The van der Waals surface area contributed by atoms with Crippen LogP contribution in [0.15, 0.2) is 36.9 Å². The van der Waals surface area contributed by atoms with Gasteiger partial charge in [0.05, 0.1) is 6.04 Å². The van der Waals surface area contributed by atoms with Crippen molar-refractivity contribution in [1.29, 1.82) is 0 Å². The molecule has 0 aliphatic carbocycles. The highest BCUT2D eigenvalue weighted by Gasteiger charge is 2.36. The Morgan fingerprint density at radius 2 is 2.00 bits per heavy atom. The van der Waals surface area contributed by atoms with Gasteiger partial charge >= 0.3 is 0 Å². The van der Waals surface area contributed by atoms with Gasteiger partial charge in [-0.2, -0.15) is 0 Å². The summed E-state index contributed by atoms with van der Waals surface area (Å²) < 4.78 is 0. The van der Waals surface area contributed by atoms with Crippen LogP contribution in [0.1, 0.15) is 17.5 Å². The fraction of sp³-hybridized carbons (Fsp3) is 0.471. The van der Waals surface area contributed by atoms with Crippen LogP contribution in [0.4, 0.5) is 5.95 Å². The maximum atomic E-state index is 4.53. The maximum Gasteiger partial charge on any atom is 0.225 e. The van der Waals surface area contributed by atoms with Gasteiger partial charge in [0.1, 0.15) is 0 Å². The topological polar surface area (TPSA) is 45.2 Å². The highest BCUT2D eigenvalue weighted by atomic mass is 15.3. The van der Waals surface area contributed by atoms with Gasteiger partial charge in [0.15, 0.2) is 0 Å². The monoisotopic (exact) mass is 297 g/mol. The molecule has 1 fully saturated rings. The molecule has 22 heavy (non-hydrogen) atoms. The van der Waals surface area contributed by atoms with Crippen molar-refractivity contribution < 1.29 is 0 Å². The first-order valence-electron chi connectivity index (χ1n) is 7.76. The molecule has 2 aromatic rings. The highest BCUT2D eigenvalue weighted by Crippen LogP contribution is 2.27. The first-order chi connectivity index (χ1) is 10.6. The van der Waals surface area contributed by atoms with Crippen molar-refractivity contribution in [3.8, 4) is 0 Å². The zero-order valence-electron chi connectivity index (χ0n) is 13.5. The molecule has 116 valence electrons. The van der Waals surface area contributed by atoms with Gasteiger partial charge in [-0.15, -0.1) is 0 Å². The lowest BCUT2D eigenvalue weighted by Crippen LogP contribution is -2.44. The molecule has 2 atom stereocenters. The van der Waals surface area contributed by atoms with E-state index in [9.17, 15) is 0 Å². The van der Waals surface area contributed by atoms with Crippen LogP contribution in [-0.4, -0.2) is 52.6 Å². The molecule has 5 heteroatoms. The van der Waals surface area contributed by atoms with Crippen LogP contribution in [0, 0.1) is 6.92 Å². The average molecular weight is 297 g/mol. The Balaban J connectivity index is 1.86. The number of hydrogen-bond donors (Lipinski definition) is 0. The molecule has 1 aliphatic heterocycles. The van der Waals surface area contributed by atoms with E-state index >= 15 is 0 Å². The van der Waals surface area contributed by atoms with Crippen LogP contribution < -0.4 is 4.90 Å². The molecule has 0 aromatic carbocycles. The minimum atomic E-state index is 0.377. The zero-order valence-corrected chi connectivity index (χ0v) is 13.5. The third-order valence-electron chi connectivity index (χ3n) is 4.37. The van der Waals surface area contributed by atoms with Gasteiger partial charge in [0.25, 0.3) is 0 Å². The Bertz CT molecular complexity index is 596. The largest absolute Gasteiger partial charge is 0.336 e. The molecule has 2 aromatic heterocycles. The maximum absolute atomic E-state index is 4.53. The molecule has 0 spiro atoms. The van der Waals surface area contributed by atoms with E-state index in [1.54, 1.807) is 0 Å². The Morgan fingerprint density at radius 1 is 1.23 bits per heavy atom. The molecule has 1 saturated heterocycles. The molecule has 5 nitrogen and oxygen atoms in total. The summed E-state index contributed by atoms with van der Waals surface area (Å²) in [5.41, 5.74) is 2.36. The van der Waals surface area contributed by atoms with E-state index in [4.69, 9.17) is 0 Å². The summed E-state index contributed by atoms with van der Waals surface area (Å²) in [4.78, 5) is 18.0. The van der Waals surface area contributed by atoms with Crippen LogP contribution in [0.3, 0.4) is 0 Å². The number of aromatic nitrogens is 3. The van der Waals surface area contributed by atoms with E-state index in [0.717, 1.165) is 30.9 Å². The third-order valence-corrected chi connectivity index (χ3v) is 4.37. The van der Waals surface area contributed by atoms with Crippen LogP contribution >= 0.6 is 0 Å². The Kier molecular flexibility index (Phi) is 4.34. The molecular weight excluding hydrogens is 274 g/mol. The molecule has 0 saturated carbocycles. The molecule has 0 amide bonds. The smallest absolute Gasteiger partial charge is 0.225 e. The molecular formula is C17H23N5. The standard InChI is InChI=1S/C17H23N5/c1-13-10-19-17(20-11-13)22-8-6-15(21(2)3)16(22)9-14-5-4-7-18-12-14/h4-5,7,10-12,15-16H,6,8-9H2,1-3H3/t15-,16+/m1/s1. The minimum absolute atomic E-state index is 0.377. The first-order valence-corrected chi connectivity index (χ1v) is 7.76. The van der Waals surface area contributed by atoms with E-state index in [2.05, 4.69) is 44.9 Å². The van der Waals surface area contributed by atoms with Crippen molar-refractivity contribution in [1.82, 2.24) is 19.9 Å². The summed E-state index contributed by atoms with van der Waals surface area (Å²) in [7, 11) is 4.31. The Hall–Kier alpha value is -2.01. The van der Waals surface area contributed by atoms with Crippen LogP contribution in [0.5, 0.6) is 0 Å². The SMILES string of the molecule is Cc1cnc(N2CC[C@@H](N(C)C)[C@@H]2Cc2cccnc2)nc1. The summed E-state index contributed by atoms with van der Waals surface area (Å²) in [6.45, 7) is 3.01. The van der Waals surface area contributed by atoms with Gasteiger partial charge in [-0.25, -0.2) is 9.97 Å². The van der Waals surface area contributed by atoms with Crippen molar-refractivity contribution in [2.24, 2.45) is 0 Å². The molecule has 1 aliphatic rings. The van der Waals surface area contributed by atoms with Crippen LogP contribution in [-0.2, 0) is 6.42 Å². The van der Waals surface area contributed by atoms with Gasteiger partial charge in [-0.1, -0.05) is 6.07 Å². The summed E-state index contributed by atoms with van der Waals surface area (Å²) in [5, 5.41) is 0. The molecule has 0 radical (unpaired) electrons. The lowest BCUT2D eigenvalue weighted by molar-refractivity contribution is 0.273. The number of pyridine rings is 1. The molecule has 0 unspecified atom stereocenters. The first kappa shape index (κ1) is 14.9. The summed E-state index contributed by atoms with van der Waals surface area (Å²) in [6.07, 6.45) is 9.67. The fourth-order valence-corrected chi connectivity index (χ4v) is 3.23. The van der Waals surface area contributed by atoms with Gasteiger partial charge in [-0.05, 0) is 51.1 Å². The number of nitrogens with zero attached hydrogens (tertiary/aromatic N) is 5. The van der Waals surface area contributed by atoms with E-state index in [-0.39, 0.29) is 0 Å². The lowest BCUT2D eigenvalue weighted by atomic mass is 10.0. The fourth-order valence-electron chi connectivity index (χ4n) is 3.23. The minimum Gasteiger partial charge on any atom is -0.336 e. The summed E-state index contributed by atoms with van der Waals surface area (Å²) >= 11 is 0. The average Bonchev–Trinajstić information content (AvgIpc) is 2.93. The van der Waals surface area contributed by atoms with Crippen molar-refractivity contribution >= 4 is 5.95 Å². The number of hydrogen-bond acceptors (Lipinski definition) is 5. The Labute approximate surface area is 132 Å². The van der Waals surface area contributed by atoms with E-state index in [1.807, 2.05) is 37.8 Å². The number of aryl methyl sites for hydroxylation is 1. The highest BCUT2D eigenvalue weighted by molar-refractivity contribution is 5.36. The van der Waals surface area contributed by atoms with Gasteiger partial charge in [0, 0.05) is 37.4 Å². The quantitative estimate of drug-likeness (QED) is 0.863. The number of anilines is 1. The number of likely N-dealkylation sites (N-methyl/N-ethyl adjacent to an activating group) is 1. The van der Waals surface area contributed by atoms with E-state index in [1.165, 1.54) is 5.56 Å². The van der Waals surface area contributed by atoms with E-state index < -0.39 is 0 Å². The van der Waals surface area contributed by atoms with Gasteiger partial charge in [0.2, 0.25) is 5.95 Å². The normalized spacial score (nSPS) is 21.5. The molecule has 0 N–H and O–H groups in total. The predicted molar refractivity (Wildman–Crippen MR) is 87.9 cm³/mol. The molecule has 3 rings (SSSR count). The van der Waals surface area contributed by atoms with Crippen molar-refractivity contribution in [2.45, 2.75) is 31.8 Å². The summed E-state index contributed by atoms with van der Waals surface area (Å²) in [5.74, 6) is 0.837. The molecule has 3 heterocycles. The Morgan fingerprint density at radius 3 is 2.64 bits per heavy atom. The summed E-state index contributed by atoms with van der Waals surface area (Å²) in [6, 6.07) is 5.03. The van der Waals surface area contributed by atoms with Gasteiger partial charge < -0.3 is 9.80 Å². The van der Waals surface area contributed by atoms with Crippen molar-refractivity contribution in [3.05, 3.63) is 48.0 Å². The van der Waals surface area contributed by atoms with Crippen molar-refractivity contribution in [2.75, 3.05) is 25.5 Å². The van der Waals surface area contributed by atoms with Crippen LogP contribution in [0.2, 0.25) is 0 Å². The predicted octanol–water partition coefficient (Wildman–Crippen LogP) is 1.93. The zero-order chi connectivity index (χ0) is 15.5. The van der Waals surface area contributed by atoms with Crippen LogP contribution in [0.25, 0.3) is 0 Å².